The highest BCUT2D eigenvalue weighted by atomic mass is 16.5. The number of aromatic hydroxyl groups is 2. The Morgan fingerprint density at radius 1 is 0.949 bits per heavy atom. The minimum absolute atomic E-state index is 0.00179. The van der Waals surface area contributed by atoms with E-state index in [-0.39, 0.29) is 46.9 Å². The van der Waals surface area contributed by atoms with Gasteiger partial charge in [0.1, 0.15) is 17.6 Å². The number of amides is 1. The molecule has 39 heavy (non-hydrogen) atoms. The summed E-state index contributed by atoms with van der Waals surface area (Å²) in [6.45, 7) is 9.23. The second kappa shape index (κ2) is 12.9. The highest BCUT2D eigenvalue weighted by molar-refractivity contribution is 5.97. The summed E-state index contributed by atoms with van der Waals surface area (Å²) in [5.41, 5.74) is 4.39. The Labute approximate surface area is 233 Å². The van der Waals surface area contributed by atoms with Gasteiger partial charge in [0.15, 0.2) is 0 Å². The molecule has 1 atom stereocenters. The van der Waals surface area contributed by atoms with Crippen LogP contribution in [0.15, 0.2) is 30.3 Å². The first-order chi connectivity index (χ1) is 18.6. The highest BCUT2D eigenvalue weighted by Crippen LogP contribution is 2.35. The number of rotatable bonds is 11. The van der Waals surface area contributed by atoms with Gasteiger partial charge in [-0.1, -0.05) is 52.3 Å². The van der Waals surface area contributed by atoms with Crippen molar-refractivity contribution in [3.63, 3.8) is 0 Å². The number of phenols is 2. The summed E-state index contributed by atoms with van der Waals surface area (Å²) in [5, 5.41) is 20.5. The number of esters is 1. The van der Waals surface area contributed by atoms with Crippen molar-refractivity contribution in [1.82, 2.24) is 4.90 Å². The van der Waals surface area contributed by atoms with Crippen LogP contribution in [0.1, 0.15) is 118 Å². The van der Waals surface area contributed by atoms with E-state index in [1.807, 2.05) is 13.8 Å². The van der Waals surface area contributed by atoms with Crippen LogP contribution in [-0.2, 0) is 29.0 Å². The fraction of sp³-hybridized carbons (Fsp3) is 0.576. The van der Waals surface area contributed by atoms with Crippen molar-refractivity contribution in [2.45, 2.75) is 111 Å². The number of nitrogens with zero attached hydrogens (tertiary/aromatic N) is 1. The number of hydrogen-bond donors (Lipinski definition) is 2. The third-order valence-electron chi connectivity index (χ3n) is 8.22. The third kappa shape index (κ3) is 7.34. The Morgan fingerprint density at radius 2 is 1.67 bits per heavy atom. The van der Waals surface area contributed by atoms with Crippen molar-refractivity contribution in [2.24, 2.45) is 11.8 Å². The van der Waals surface area contributed by atoms with Crippen molar-refractivity contribution < 1.29 is 24.5 Å². The molecule has 0 radical (unpaired) electrons. The number of carbonyl (C=O) groups excluding carboxylic acids is 2. The van der Waals surface area contributed by atoms with Crippen LogP contribution in [0.2, 0.25) is 0 Å². The summed E-state index contributed by atoms with van der Waals surface area (Å²) in [4.78, 5) is 27.8. The predicted molar refractivity (Wildman–Crippen MR) is 153 cm³/mol. The summed E-state index contributed by atoms with van der Waals surface area (Å²) in [6, 6.07) is 9.32. The number of ether oxygens (including phenoxy) is 1. The SMILES string of the molecule is CC(C)C[C@H](CCCCc1ccc2c(c1)CN(C(=O)c1cc(C(C)C)c(O)cc1O)C2)C(=O)OC1CCCC1. The minimum atomic E-state index is -0.229. The molecule has 4 rings (SSSR count). The molecule has 6 heteroatoms. The molecule has 2 aromatic carbocycles. The zero-order chi connectivity index (χ0) is 28.1. The number of fused-ring (bicyclic) bond motifs is 1. The van der Waals surface area contributed by atoms with E-state index in [1.54, 1.807) is 11.0 Å². The molecule has 212 valence electrons. The summed E-state index contributed by atoms with van der Waals surface area (Å²) >= 11 is 0. The van der Waals surface area contributed by atoms with Crippen LogP contribution in [0.4, 0.5) is 0 Å². The lowest BCUT2D eigenvalue weighted by molar-refractivity contribution is -0.154. The second-order valence-electron chi connectivity index (χ2n) is 12.3. The van der Waals surface area contributed by atoms with Crippen molar-refractivity contribution in [1.29, 1.82) is 0 Å². The molecule has 0 saturated heterocycles. The van der Waals surface area contributed by atoms with E-state index in [0.29, 0.717) is 24.6 Å². The van der Waals surface area contributed by atoms with Gasteiger partial charge >= 0.3 is 5.97 Å². The topological polar surface area (TPSA) is 87.1 Å². The first-order valence-corrected chi connectivity index (χ1v) is 14.8. The molecule has 1 amide bonds. The minimum Gasteiger partial charge on any atom is -0.508 e. The zero-order valence-electron chi connectivity index (χ0n) is 24.0. The van der Waals surface area contributed by atoms with Crippen LogP contribution in [0.5, 0.6) is 11.5 Å². The second-order valence-corrected chi connectivity index (χ2v) is 12.3. The molecule has 1 fully saturated rings. The number of phenolic OH excluding ortho intramolecular Hbond substituents is 2. The van der Waals surface area contributed by atoms with Crippen LogP contribution in [0, 0.1) is 11.8 Å². The number of hydrogen-bond acceptors (Lipinski definition) is 5. The number of unbranched alkanes of at least 4 members (excludes halogenated alkanes) is 1. The van der Waals surface area contributed by atoms with Gasteiger partial charge in [-0.2, -0.15) is 0 Å². The molecule has 1 heterocycles. The van der Waals surface area contributed by atoms with Crippen molar-refractivity contribution >= 4 is 11.9 Å². The van der Waals surface area contributed by atoms with Crippen LogP contribution >= 0.6 is 0 Å². The van der Waals surface area contributed by atoms with E-state index in [2.05, 4.69) is 32.0 Å². The number of aryl methyl sites for hydroxylation is 1. The smallest absolute Gasteiger partial charge is 0.309 e. The standard InChI is InChI=1S/C33H45NO5/c1-21(2)15-24(33(38)39-27-11-7-8-12-27)10-6-5-9-23-13-14-25-19-34(20-26(25)16-23)32(37)29-17-28(22(3)4)30(35)18-31(29)36/h13-14,16-18,21-22,24,27,35-36H,5-12,15,19-20H2,1-4H3/t24-/m0/s1. The zero-order valence-corrected chi connectivity index (χ0v) is 24.0. The first-order valence-electron chi connectivity index (χ1n) is 14.8. The Morgan fingerprint density at radius 3 is 2.36 bits per heavy atom. The normalized spacial score (nSPS) is 16.2. The molecule has 0 aromatic heterocycles. The van der Waals surface area contributed by atoms with E-state index in [1.165, 1.54) is 11.6 Å². The third-order valence-corrected chi connectivity index (χ3v) is 8.22. The van der Waals surface area contributed by atoms with Crippen LogP contribution in [0.25, 0.3) is 0 Å². The molecule has 0 bridgehead atoms. The Balaban J connectivity index is 1.31. The fourth-order valence-electron chi connectivity index (χ4n) is 6.03. The molecule has 1 saturated carbocycles. The average Bonchev–Trinajstić information content (AvgIpc) is 3.54. The van der Waals surface area contributed by atoms with Gasteiger partial charge in [-0.05, 0) is 91.5 Å². The van der Waals surface area contributed by atoms with E-state index in [0.717, 1.165) is 68.9 Å². The maximum Gasteiger partial charge on any atom is 0.309 e. The molecule has 2 N–H and O–H groups in total. The predicted octanol–water partition coefficient (Wildman–Crippen LogP) is 7.24. The monoisotopic (exact) mass is 535 g/mol. The van der Waals surface area contributed by atoms with Gasteiger partial charge in [-0.15, -0.1) is 0 Å². The number of carbonyl (C=O) groups is 2. The lowest BCUT2D eigenvalue weighted by atomic mass is 9.91. The van der Waals surface area contributed by atoms with Gasteiger partial charge in [0.25, 0.3) is 5.91 Å². The van der Waals surface area contributed by atoms with E-state index >= 15 is 0 Å². The molecule has 0 unspecified atom stereocenters. The molecular weight excluding hydrogens is 490 g/mol. The molecule has 0 spiro atoms. The summed E-state index contributed by atoms with van der Waals surface area (Å²) < 4.78 is 5.83. The van der Waals surface area contributed by atoms with Crippen LogP contribution in [0.3, 0.4) is 0 Å². The number of benzene rings is 2. The van der Waals surface area contributed by atoms with Gasteiger partial charge in [-0.25, -0.2) is 0 Å². The summed E-state index contributed by atoms with van der Waals surface area (Å²) in [5.74, 6) is 0.0720. The Bertz CT molecular complexity index is 1160. The highest BCUT2D eigenvalue weighted by Gasteiger charge is 2.28. The van der Waals surface area contributed by atoms with E-state index in [4.69, 9.17) is 4.74 Å². The van der Waals surface area contributed by atoms with Gasteiger partial charge in [0.05, 0.1) is 11.5 Å². The molecule has 2 aromatic rings. The van der Waals surface area contributed by atoms with Crippen molar-refractivity contribution in [3.8, 4) is 11.5 Å². The molecule has 1 aliphatic heterocycles. The summed E-state index contributed by atoms with van der Waals surface area (Å²) in [7, 11) is 0. The Hall–Kier alpha value is -3.02. The largest absolute Gasteiger partial charge is 0.508 e. The van der Waals surface area contributed by atoms with E-state index in [9.17, 15) is 19.8 Å². The first kappa shape index (κ1) is 29.0. The van der Waals surface area contributed by atoms with Crippen molar-refractivity contribution in [2.75, 3.05) is 0 Å². The Kier molecular flexibility index (Phi) is 9.58. The quantitative estimate of drug-likeness (QED) is 0.234. The van der Waals surface area contributed by atoms with Crippen LogP contribution in [-0.4, -0.2) is 33.1 Å². The average molecular weight is 536 g/mol. The maximum absolute atomic E-state index is 13.3. The molecular formula is C33H45NO5. The van der Waals surface area contributed by atoms with Gasteiger partial charge in [0, 0.05) is 19.2 Å². The van der Waals surface area contributed by atoms with Gasteiger partial charge in [-0.3, -0.25) is 9.59 Å². The molecule has 1 aliphatic carbocycles. The summed E-state index contributed by atoms with van der Waals surface area (Å²) in [6.07, 6.45) is 9.14. The lowest BCUT2D eigenvalue weighted by Crippen LogP contribution is -2.25. The molecule has 6 nitrogen and oxygen atoms in total. The lowest BCUT2D eigenvalue weighted by Gasteiger charge is -2.20. The fourth-order valence-corrected chi connectivity index (χ4v) is 6.03. The molecule has 2 aliphatic rings. The maximum atomic E-state index is 13.3. The van der Waals surface area contributed by atoms with Crippen LogP contribution < -0.4 is 0 Å². The van der Waals surface area contributed by atoms with Gasteiger partial charge in [0.2, 0.25) is 0 Å². The van der Waals surface area contributed by atoms with Gasteiger partial charge < -0.3 is 19.8 Å². The van der Waals surface area contributed by atoms with E-state index < -0.39 is 0 Å². The van der Waals surface area contributed by atoms with Crippen molar-refractivity contribution in [3.05, 3.63) is 58.1 Å².